The van der Waals surface area contributed by atoms with Gasteiger partial charge in [0.2, 0.25) is 0 Å². The van der Waals surface area contributed by atoms with Crippen molar-refractivity contribution in [2.75, 3.05) is 13.2 Å². The van der Waals surface area contributed by atoms with Crippen LogP contribution in [0.1, 0.15) is 39.0 Å². The molecule has 3 nitrogen and oxygen atoms in total. The predicted molar refractivity (Wildman–Crippen MR) is 81.9 cm³/mol. The minimum Gasteiger partial charge on any atom is -0.491 e. The summed E-state index contributed by atoms with van der Waals surface area (Å²) in [4.78, 5) is 0. The van der Waals surface area contributed by atoms with Crippen LogP contribution in [0.4, 0.5) is 0 Å². The molecule has 0 radical (unpaired) electrons. The molecule has 112 valence electrons. The van der Waals surface area contributed by atoms with E-state index in [1.165, 1.54) is 19.3 Å². The molecule has 3 heteroatoms. The van der Waals surface area contributed by atoms with Gasteiger partial charge in [0.15, 0.2) is 0 Å². The van der Waals surface area contributed by atoms with Crippen molar-refractivity contribution in [3.8, 4) is 5.75 Å². The molecule has 0 aliphatic heterocycles. The topological polar surface area (TPSA) is 44.5 Å². The van der Waals surface area contributed by atoms with E-state index in [1.807, 2.05) is 30.3 Å². The Morgan fingerprint density at radius 3 is 2.70 bits per heavy atom. The van der Waals surface area contributed by atoms with Gasteiger partial charge in [-0.1, -0.05) is 38.0 Å². The van der Waals surface area contributed by atoms with Crippen LogP contribution in [-0.2, 0) is 4.74 Å². The summed E-state index contributed by atoms with van der Waals surface area (Å²) >= 11 is 0. The summed E-state index contributed by atoms with van der Waals surface area (Å²) in [6, 6.07) is 10.1. The standard InChI is InChI=1S/C17H27NO2/c1-2-6-14-9-10-16(18)17(13-14)20-12-11-19-15-7-4-3-5-8-15/h3-5,7-8,14,16-17H,2,6,9-13,18H2,1H3. The summed E-state index contributed by atoms with van der Waals surface area (Å²) in [5.74, 6) is 1.69. The van der Waals surface area contributed by atoms with E-state index in [0.29, 0.717) is 13.2 Å². The monoisotopic (exact) mass is 277 g/mol. The largest absolute Gasteiger partial charge is 0.491 e. The number of nitrogens with two attached hydrogens (primary N) is 1. The maximum absolute atomic E-state index is 6.16. The van der Waals surface area contributed by atoms with Crippen LogP contribution in [0.2, 0.25) is 0 Å². The lowest BCUT2D eigenvalue weighted by Crippen LogP contribution is -2.42. The summed E-state index contributed by atoms with van der Waals surface area (Å²) < 4.78 is 11.6. The van der Waals surface area contributed by atoms with Gasteiger partial charge in [-0.3, -0.25) is 0 Å². The smallest absolute Gasteiger partial charge is 0.119 e. The highest BCUT2D eigenvalue weighted by Gasteiger charge is 2.28. The van der Waals surface area contributed by atoms with E-state index in [2.05, 4.69) is 6.92 Å². The molecule has 0 heterocycles. The molecule has 0 amide bonds. The third kappa shape index (κ3) is 4.80. The molecule has 1 aliphatic carbocycles. The molecular formula is C17H27NO2. The fourth-order valence-electron chi connectivity index (χ4n) is 2.97. The zero-order valence-electron chi connectivity index (χ0n) is 12.5. The van der Waals surface area contributed by atoms with Crippen LogP contribution < -0.4 is 10.5 Å². The van der Waals surface area contributed by atoms with Gasteiger partial charge in [-0.25, -0.2) is 0 Å². The van der Waals surface area contributed by atoms with Crippen molar-refractivity contribution in [2.45, 2.75) is 51.2 Å². The number of para-hydroxylation sites is 1. The summed E-state index contributed by atoms with van der Waals surface area (Å²) in [5, 5.41) is 0. The van der Waals surface area contributed by atoms with E-state index in [1.54, 1.807) is 0 Å². The van der Waals surface area contributed by atoms with Crippen LogP contribution in [0.3, 0.4) is 0 Å². The molecule has 1 aromatic carbocycles. The van der Waals surface area contributed by atoms with Crippen molar-refractivity contribution in [2.24, 2.45) is 11.7 Å². The maximum atomic E-state index is 6.16. The Morgan fingerprint density at radius 1 is 1.15 bits per heavy atom. The second kappa shape index (κ2) is 8.28. The lowest BCUT2D eigenvalue weighted by atomic mass is 9.82. The van der Waals surface area contributed by atoms with Gasteiger partial charge >= 0.3 is 0 Å². The Balaban J connectivity index is 1.67. The van der Waals surface area contributed by atoms with Crippen LogP contribution in [0.15, 0.2) is 30.3 Å². The zero-order valence-corrected chi connectivity index (χ0v) is 12.5. The van der Waals surface area contributed by atoms with E-state index >= 15 is 0 Å². The van der Waals surface area contributed by atoms with Gasteiger partial charge in [0.1, 0.15) is 12.4 Å². The van der Waals surface area contributed by atoms with Gasteiger partial charge in [0, 0.05) is 6.04 Å². The Kier molecular flexibility index (Phi) is 6.34. The summed E-state index contributed by atoms with van der Waals surface area (Å²) in [6.07, 6.45) is 6.22. The predicted octanol–water partition coefficient (Wildman–Crippen LogP) is 3.38. The Morgan fingerprint density at radius 2 is 1.95 bits per heavy atom. The first-order valence-corrected chi connectivity index (χ1v) is 7.84. The molecule has 0 saturated heterocycles. The third-order valence-corrected chi connectivity index (χ3v) is 4.08. The van der Waals surface area contributed by atoms with Crippen molar-refractivity contribution in [3.63, 3.8) is 0 Å². The number of rotatable bonds is 7. The Hall–Kier alpha value is -1.06. The van der Waals surface area contributed by atoms with Gasteiger partial charge in [-0.05, 0) is 37.3 Å². The molecule has 3 atom stereocenters. The second-order valence-electron chi connectivity index (χ2n) is 5.70. The van der Waals surface area contributed by atoms with Gasteiger partial charge < -0.3 is 15.2 Å². The van der Waals surface area contributed by atoms with E-state index < -0.39 is 0 Å². The van der Waals surface area contributed by atoms with Crippen LogP contribution in [0.25, 0.3) is 0 Å². The van der Waals surface area contributed by atoms with E-state index in [4.69, 9.17) is 15.2 Å². The van der Waals surface area contributed by atoms with E-state index in [9.17, 15) is 0 Å². The van der Waals surface area contributed by atoms with Crippen LogP contribution in [0.5, 0.6) is 5.75 Å². The first-order chi connectivity index (χ1) is 9.79. The summed E-state index contributed by atoms with van der Waals surface area (Å²) in [7, 11) is 0. The zero-order chi connectivity index (χ0) is 14.2. The highest BCUT2D eigenvalue weighted by molar-refractivity contribution is 5.20. The van der Waals surface area contributed by atoms with Crippen molar-refractivity contribution >= 4 is 0 Å². The van der Waals surface area contributed by atoms with Crippen LogP contribution in [-0.4, -0.2) is 25.4 Å². The van der Waals surface area contributed by atoms with Crippen molar-refractivity contribution < 1.29 is 9.47 Å². The molecule has 0 aromatic heterocycles. The molecule has 1 fully saturated rings. The van der Waals surface area contributed by atoms with Gasteiger partial charge in [0.05, 0.1) is 12.7 Å². The molecule has 3 unspecified atom stereocenters. The van der Waals surface area contributed by atoms with Crippen molar-refractivity contribution in [1.82, 2.24) is 0 Å². The normalized spacial score (nSPS) is 26.4. The highest BCUT2D eigenvalue weighted by atomic mass is 16.5. The van der Waals surface area contributed by atoms with Gasteiger partial charge in [-0.2, -0.15) is 0 Å². The van der Waals surface area contributed by atoms with Gasteiger partial charge in [-0.15, -0.1) is 0 Å². The Bertz CT molecular complexity index is 369. The molecule has 0 bridgehead atoms. The second-order valence-corrected chi connectivity index (χ2v) is 5.70. The van der Waals surface area contributed by atoms with E-state index in [-0.39, 0.29) is 12.1 Å². The molecule has 1 saturated carbocycles. The quantitative estimate of drug-likeness (QED) is 0.777. The minimum atomic E-state index is 0.194. The van der Waals surface area contributed by atoms with Crippen LogP contribution >= 0.6 is 0 Å². The molecule has 1 aromatic rings. The fraction of sp³-hybridized carbons (Fsp3) is 0.647. The average molecular weight is 277 g/mol. The van der Waals surface area contributed by atoms with E-state index in [0.717, 1.165) is 24.5 Å². The average Bonchev–Trinajstić information content (AvgIpc) is 2.48. The van der Waals surface area contributed by atoms with Crippen molar-refractivity contribution in [1.29, 1.82) is 0 Å². The first kappa shape index (κ1) is 15.3. The lowest BCUT2D eigenvalue weighted by molar-refractivity contribution is -0.0130. The van der Waals surface area contributed by atoms with Crippen molar-refractivity contribution in [3.05, 3.63) is 30.3 Å². The minimum absolute atomic E-state index is 0.194. The van der Waals surface area contributed by atoms with Crippen LogP contribution in [0, 0.1) is 5.92 Å². The molecule has 0 spiro atoms. The lowest BCUT2D eigenvalue weighted by Gasteiger charge is -2.34. The van der Waals surface area contributed by atoms with Gasteiger partial charge in [0.25, 0.3) is 0 Å². The number of benzene rings is 1. The first-order valence-electron chi connectivity index (χ1n) is 7.84. The maximum Gasteiger partial charge on any atom is 0.119 e. The number of ether oxygens (including phenoxy) is 2. The molecule has 2 N–H and O–H groups in total. The molecule has 2 rings (SSSR count). The number of hydrogen-bond donors (Lipinski definition) is 1. The highest BCUT2D eigenvalue weighted by Crippen LogP contribution is 2.28. The molecule has 20 heavy (non-hydrogen) atoms. The summed E-state index contributed by atoms with van der Waals surface area (Å²) in [5.41, 5.74) is 6.16. The Labute approximate surface area is 122 Å². The molecular weight excluding hydrogens is 250 g/mol. The fourth-order valence-corrected chi connectivity index (χ4v) is 2.97. The number of hydrogen-bond acceptors (Lipinski definition) is 3. The SMILES string of the molecule is CCCC1CCC(N)C(OCCOc2ccccc2)C1. The molecule has 1 aliphatic rings. The summed E-state index contributed by atoms with van der Waals surface area (Å²) in [6.45, 7) is 3.45. The third-order valence-electron chi connectivity index (χ3n) is 4.08.